The average Bonchev–Trinajstić information content (AvgIpc) is 2.24. The molecule has 0 N–H and O–H groups in total. The van der Waals surface area contributed by atoms with Crippen molar-refractivity contribution < 1.29 is 9.18 Å². The second-order valence-electron chi connectivity index (χ2n) is 4.26. The summed E-state index contributed by atoms with van der Waals surface area (Å²) in [6, 6.07) is 2.89. The van der Waals surface area contributed by atoms with E-state index in [4.69, 9.17) is 0 Å². The maximum Gasteiger partial charge on any atom is 0.278 e. The third kappa shape index (κ3) is 3.12. The Morgan fingerprint density at radius 1 is 1.29 bits per heavy atom. The third-order valence-corrected chi connectivity index (χ3v) is 2.76. The molecule has 0 unspecified atom stereocenters. The third-order valence-electron chi connectivity index (χ3n) is 2.76. The van der Waals surface area contributed by atoms with E-state index in [1.54, 1.807) is 45.8 Å². The smallest absolute Gasteiger partial charge is 0.278 e. The number of rotatable bonds is 1. The van der Waals surface area contributed by atoms with Crippen molar-refractivity contribution in [2.24, 2.45) is 4.99 Å². The number of hydrogen-bond donors (Lipinski definition) is 0. The Hall–Kier alpha value is -1.71. The second kappa shape index (κ2) is 5.08. The molecule has 0 saturated carbocycles. The Labute approximate surface area is 101 Å². The average molecular weight is 236 g/mol. The summed E-state index contributed by atoms with van der Waals surface area (Å²) in [5.41, 5.74) is 1.60. The molecule has 0 aliphatic heterocycles. The largest absolute Gasteiger partial charge is 0.366 e. The Kier molecular flexibility index (Phi) is 3.99. The van der Waals surface area contributed by atoms with Crippen LogP contribution in [0.15, 0.2) is 17.1 Å². The van der Waals surface area contributed by atoms with E-state index in [0.717, 1.165) is 5.56 Å². The zero-order valence-corrected chi connectivity index (χ0v) is 10.8. The standard InChI is InChI=1S/C13H17FN2O/c1-8-6-11(7-12(14)9(8)2)13(17)15-10(3)16(4)5/h6-7H,1-5H3. The maximum atomic E-state index is 13.5. The van der Waals surface area contributed by atoms with Gasteiger partial charge in [-0.3, -0.25) is 4.79 Å². The summed E-state index contributed by atoms with van der Waals surface area (Å²) in [5, 5.41) is 0. The number of aryl methyl sites for hydroxylation is 1. The normalized spacial score (nSPS) is 11.5. The van der Waals surface area contributed by atoms with Crippen molar-refractivity contribution in [2.45, 2.75) is 20.8 Å². The fourth-order valence-corrected chi connectivity index (χ4v) is 1.25. The molecule has 0 saturated heterocycles. The summed E-state index contributed by atoms with van der Waals surface area (Å²) in [6.45, 7) is 5.19. The van der Waals surface area contributed by atoms with Gasteiger partial charge in [-0.05, 0) is 44.0 Å². The van der Waals surface area contributed by atoms with Gasteiger partial charge in [-0.25, -0.2) is 4.39 Å². The fourth-order valence-electron chi connectivity index (χ4n) is 1.25. The highest BCUT2D eigenvalue weighted by Gasteiger charge is 2.10. The monoisotopic (exact) mass is 236 g/mol. The lowest BCUT2D eigenvalue weighted by Gasteiger charge is -2.10. The maximum absolute atomic E-state index is 13.5. The van der Waals surface area contributed by atoms with Crippen molar-refractivity contribution in [3.63, 3.8) is 0 Å². The lowest BCUT2D eigenvalue weighted by molar-refractivity contribution is 0.100. The fraction of sp³-hybridized carbons (Fsp3) is 0.385. The molecule has 92 valence electrons. The minimum absolute atomic E-state index is 0.284. The Morgan fingerprint density at radius 2 is 1.88 bits per heavy atom. The Bertz CT molecular complexity index is 455. The molecule has 0 bridgehead atoms. The van der Waals surface area contributed by atoms with E-state index < -0.39 is 5.91 Å². The number of carbonyl (C=O) groups is 1. The minimum Gasteiger partial charge on any atom is -0.366 e. The first-order chi connectivity index (χ1) is 7.82. The molecular formula is C13H17FN2O. The van der Waals surface area contributed by atoms with Crippen molar-refractivity contribution in [1.82, 2.24) is 4.90 Å². The zero-order chi connectivity index (χ0) is 13.2. The molecule has 1 aromatic carbocycles. The molecule has 4 heteroatoms. The predicted molar refractivity (Wildman–Crippen MR) is 67.0 cm³/mol. The van der Waals surface area contributed by atoms with Gasteiger partial charge < -0.3 is 4.90 Å². The van der Waals surface area contributed by atoms with Crippen LogP contribution in [0.5, 0.6) is 0 Å². The van der Waals surface area contributed by atoms with Crippen LogP contribution in [0.1, 0.15) is 28.4 Å². The molecule has 1 rings (SSSR count). The van der Waals surface area contributed by atoms with Crippen LogP contribution < -0.4 is 0 Å². The van der Waals surface area contributed by atoms with Gasteiger partial charge in [-0.2, -0.15) is 4.99 Å². The summed E-state index contributed by atoms with van der Waals surface area (Å²) in [7, 11) is 3.60. The highest BCUT2D eigenvalue weighted by atomic mass is 19.1. The summed E-state index contributed by atoms with van der Waals surface area (Å²) in [6.07, 6.45) is 0. The van der Waals surface area contributed by atoms with E-state index >= 15 is 0 Å². The summed E-state index contributed by atoms with van der Waals surface area (Å²) >= 11 is 0. The minimum atomic E-state index is -0.418. The highest BCUT2D eigenvalue weighted by Crippen LogP contribution is 2.15. The van der Waals surface area contributed by atoms with Crippen molar-refractivity contribution >= 4 is 11.7 Å². The van der Waals surface area contributed by atoms with Gasteiger partial charge in [0.05, 0.1) is 0 Å². The zero-order valence-electron chi connectivity index (χ0n) is 10.8. The Balaban J connectivity index is 3.10. The highest BCUT2D eigenvalue weighted by molar-refractivity contribution is 6.02. The van der Waals surface area contributed by atoms with Gasteiger partial charge in [0.2, 0.25) is 0 Å². The van der Waals surface area contributed by atoms with E-state index in [1.165, 1.54) is 6.07 Å². The van der Waals surface area contributed by atoms with Crippen LogP contribution in [0, 0.1) is 19.7 Å². The molecule has 17 heavy (non-hydrogen) atoms. The van der Waals surface area contributed by atoms with Crippen LogP contribution in [0.2, 0.25) is 0 Å². The van der Waals surface area contributed by atoms with Gasteiger partial charge in [-0.1, -0.05) is 0 Å². The topological polar surface area (TPSA) is 32.7 Å². The van der Waals surface area contributed by atoms with Gasteiger partial charge in [-0.15, -0.1) is 0 Å². The van der Waals surface area contributed by atoms with Crippen LogP contribution in [0.3, 0.4) is 0 Å². The summed E-state index contributed by atoms with van der Waals surface area (Å²) < 4.78 is 13.5. The predicted octanol–water partition coefficient (Wildman–Crippen LogP) is 2.56. The van der Waals surface area contributed by atoms with Crippen LogP contribution in [-0.4, -0.2) is 30.7 Å². The molecule has 0 atom stereocenters. The SMILES string of the molecule is CC(=NC(=O)c1cc(C)c(C)c(F)c1)N(C)C. The van der Waals surface area contributed by atoms with E-state index in [2.05, 4.69) is 4.99 Å². The molecule has 0 fully saturated rings. The number of halogens is 1. The number of aliphatic imine (C=N–C) groups is 1. The lowest BCUT2D eigenvalue weighted by Crippen LogP contribution is -2.20. The number of amidine groups is 1. The van der Waals surface area contributed by atoms with Crippen molar-refractivity contribution in [1.29, 1.82) is 0 Å². The molecule has 0 radical (unpaired) electrons. The van der Waals surface area contributed by atoms with Gasteiger partial charge >= 0.3 is 0 Å². The van der Waals surface area contributed by atoms with Crippen molar-refractivity contribution in [2.75, 3.05) is 14.1 Å². The summed E-state index contributed by atoms with van der Waals surface area (Å²) in [5.74, 6) is -0.196. The van der Waals surface area contributed by atoms with E-state index in [9.17, 15) is 9.18 Å². The van der Waals surface area contributed by atoms with E-state index in [1.807, 2.05) is 0 Å². The second-order valence-corrected chi connectivity index (χ2v) is 4.26. The van der Waals surface area contributed by atoms with E-state index in [-0.39, 0.29) is 11.4 Å². The number of nitrogens with zero attached hydrogens (tertiary/aromatic N) is 2. The molecule has 0 spiro atoms. The van der Waals surface area contributed by atoms with Gasteiger partial charge in [0.1, 0.15) is 11.7 Å². The summed E-state index contributed by atoms with van der Waals surface area (Å²) in [4.78, 5) is 17.4. The number of benzene rings is 1. The van der Waals surface area contributed by atoms with Crippen LogP contribution in [0.4, 0.5) is 4.39 Å². The molecule has 1 aromatic rings. The molecule has 1 amide bonds. The van der Waals surface area contributed by atoms with E-state index in [0.29, 0.717) is 11.4 Å². The number of carbonyl (C=O) groups excluding carboxylic acids is 1. The molecule has 0 aromatic heterocycles. The number of hydrogen-bond acceptors (Lipinski definition) is 1. The van der Waals surface area contributed by atoms with Crippen molar-refractivity contribution in [3.8, 4) is 0 Å². The first-order valence-corrected chi connectivity index (χ1v) is 5.36. The molecule has 3 nitrogen and oxygen atoms in total. The van der Waals surface area contributed by atoms with Gasteiger partial charge in [0.25, 0.3) is 5.91 Å². The van der Waals surface area contributed by atoms with Gasteiger partial charge in [0.15, 0.2) is 0 Å². The van der Waals surface area contributed by atoms with Crippen molar-refractivity contribution in [3.05, 3.63) is 34.6 Å². The van der Waals surface area contributed by atoms with Crippen LogP contribution in [-0.2, 0) is 0 Å². The number of amides is 1. The molecular weight excluding hydrogens is 219 g/mol. The van der Waals surface area contributed by atoms with Crippen LogP contribution >= 0.6 is 0 Å². The Morgan fingerprint density at radius 3 is 2.35 bits per heavy atom. The first-order valence-electron chi connectivity index (χ1n) is 5.36. The quantitative estimate of drug-likeness (QED) is 0.554. The molecule has 0 heterocycles. The van der Waals surface area contributed by atoms with Crippen LogP contribution in [0.25, 0.3) is 0 Å². The lowest BCUT2D eigenvalue weighted by atomic mass is 10.1. The van der Waals surface area contributed by atoms with Gasteiger partial charge in [0, 0.05) is 19.7 Å². The molecule has 0 aliphatic carbocycles. The first kappa shape index (κ1) is 13.4. The molecule has 0 aliphatic rings.